The summed E-state index contributed by atoms with van der Waals surface area (Å²) < 4.78 is 135. The zero-order valence-electron chi connectivity index (χ0n) is 72.9. The van der Waals surface area contributed by atoms with Gasteiger partial charge >= 0.3 is 0 Å². The highest BCUT2D eigenvalue weighted by atomic mass is 16.3. The normalized spacial score (nSPS) is 15.4. The number of pyridine rings is 8. The second kappa shape index (κ2) is 27.2. The van der Waals surface area contributed by atoms with E-state index in [-0.39, 0.29) is 22.7 Å². The van der Waals surface area contributed by atoms with Gasteiger partial charge in [0.15, 0.2) is 30.4 Å². The van der Waals surface area contributed by atoms with Crippen LogP contribution in [0.2, 0.25) is 0 Å². The third-order valence-corrected chi connectivity index (χ3v) is 18.6. The first kappa shape index (κ1) is 53.3. The Hall–Kier alpha value is -10.7. The van der Waals surface area contributed by atoms with Gasteiger partial charge in [0, 0.05) is 143 Å². The largest absolute Gasteiger partial charge is 0.456 e. The molecule has 0 aliphatic carbocycles. The molecule has 2 atom stereocenters. The summed E-state index contributed by atoms with van der Waals surface area (Å²) in [6.45, 7) is 17.4. The molecule has 16 aromatic rings. The van der Waals surface area contributed by atoms with Crippen molar-refractivity contribution >= 4 is 88.1 Å². The van der Waals surface area contributed by atoms with Gasteiger partial charge in [0.2, 0.25) is 34.2 Å². The molecule has 2 unspecified atom stereocenters. The first-order valence-electron chi connectivity index (χ1n) is 39.9. The Morgan fingerprint density at radius 3 is 1.43 bits per heavy atom. The number of furan rings is 4. The van der Waals surface area contributed by atoms with E-state index in [1.54, 1.807) is 54.3 Å². The minimum Gasteiger partial charge on any atom is -0.456 e. The first-order chi connectivity index (χ1) is 52.7. The Bertz CT molecular complexity index is 6470. The number of aryl methyl sites for hydroxylation is 12. The molecule has 4 aromatic carbocycles. The minimum absolute atomic E-state index is 0.118. The summed E-state index contributed by atoms with van der Waals surface area (Å²) in [5.41, 5.74) is 24.3. The van der Waals surface area contributed by atoms with Crippen LogP contribution in [0.4, 0.5) is 0 Å². The summed E-state index contributed by atoms with van der Waals surface area (Å²) in [7, 11) is 7.94. The fourth-order valence-corrected chi connectivity index (χ4v) is 13.6. The zero-order chi connectivity index (χ0) is 82.0. The molecule has 0 bridgehead atoms. The van der Waals surface area contributed by atoms with E-state index in [1.165, 1.54) is 36.1 Å². The van der Waals surface area contributed by atoms with Crippen molar-refractivity contribution < 1.29 is 53.8 Å². The van der Waals surface area contributed by atoms with Gasteiger partial charge in [0.1, 0.15) is 61.6 Å². The molecule has 0 saturated heterocycles. The van der Waals surface area contributed by atoms with Gasteiger partial charge in [0.05, 0.1) is 16.6 Å². The molecular formula is C88H92N8O4+4. The van der Waals surface area contributed by atoms with Crippen molar-refractivity contribution in [3.63, 3.8) is 0 Å². The predicted molar refractivity (Wildman–Crippen MR) is 407 cm³/mol. The molecule has 100 heavy (non-hydrogen) atoms. The molecule has 12 nitrogen and oxygen atoms in total. The van der Waals surface area contributed by atoms with Gasteiger partial charge in [-0.25, -0.2) is 33.2 Å². The van der Waals surface area contributed by atoms with E-state index in [0.29, 0.717) is 22.3 Å². The first-order valence-corrected chi connectivity index (χ1v) is 33.4. The SMILES string of the molecule is [2H]C(C)(C)c1c(-c2ccc(C)c[n+]2C)c(C)nc2oc3ccccc3c12.[2H]C(C)(C)c1ccc2oc3cc(C)c(-c4ccc(C)c[n+]4C)cc3c2n1.[2H]C([2H])([2H])C([2H])(C)c1cc2oc3cc(C)c(-c4ccc(C)c[n+]4C)cc3c2cn1.[2H]C([2H])([2H])c1ccc(-c2cc3c(cc2C)oc2nc(C([2H])(C)C([2H])([2H])[2H])ccc23)[n+](C)c1. The summed E-state index contributed by atoms with van der Waals surface area (Å²) in [5.74, 6) is -5.21. The Kier molecular flexibility index (Phi) is 14.5. The molecule has 16 rings (SSSR count). The van der Waals surface area contributed by atoms with Crippen LogP contribution >= 0.6 is 0 Å². The fourth-order valence-electron chi connectivity index (χ4n) is 13.6. The van der Waals surface area contributed by atoms with Gasteiger partial charge in [-0.15, -0.1) is 0 Å². The number of hydrogen-bond acceptors (Lipinski definition) is 8. The summed E-state index contributed by atoms with van der Waals surface area (Å²) in [4.78, 5) is 18.2. The molecule has 0 aliphatic rings. The van der Waals surface area contributed by atoms with E-state index >= 15 is 0 Å². The highest BCUT2D eigenvalue weighted by molar-refractivity contribution is 6.09. The molecule has 0 saturated carbocycles. The molecule has 0 fully saturated rings. The van der Waals surface area contributed by atoms with Crippen molar-refractivity contribution in [3.8, 4) is 45.0 Å². The number of para-hydroxylation sites is 1. The molecule has 0 radical (unpaired) electrons. The van der Waals surface area contributed by atoms with Gasteiger partial charge in [-0.3, -0.25) is 4.98 Å². The van der Waals surface area contributed by atoms with E-state index < -0.39 is 44.1 Å². The second-order valence-electron chi connectivity index (χ2n) is 27.0. The number of aromatic nitrogens is 8. The molecule has 0 aliphatic heterocycles. The zero-order valence-corrected chi connectivity index (χ0v) is 59.9. The molecule has 0 spiro atoms. The van der Waals surface area contributed by atoms with Crippen molar-refractivity contribution in [2.45, 2.75) is 134 Å². The summed E-state index contributed by atoms with van der Waals surface area (Å²) in [6.07, 6.45) is 9.54. The molecular weight excluding hydrogens is 1230 g/mol. The molecule has 12 aromatic heterocycles. The van der Waals surface area contributed by atoms with E-state index in [1.807, 2.05) is 117 Å². The summed E-state index contributed by atoms with van der Waals surface area (Å²) in [6, 6.07) is 44.9. The summed E-state index contributed by atoms with van der Waals surface area (Å²) >= 11 is 0. The van der Waals surface area contributed by atoms with Crippen LogP contribution in [-0.2, 0) is 28.2 Å². The van der Waals surface area contributed by atoms with Gasteiger partial charge in [0.25, 0.3) is 0 Å². The second-order valence-corrected chi connectivity index (χ2v) is 27.0. The van der Waals surface area contributed by atoms with E-state index in [4.69, 9.17) is 45.5 Å². The molecule has 0 N–H and O–H groups in total. The smallest absolute Gasteiger partial charge is 0.227 e. The number of benzene rings is 4. The number of hydrogen-bond donors (Lipinski definition) is 0. The molecule has 0 amide bonds. The van der Waals surface area contributed by atoms with Gasteiger partial charge in [-0.2, -0.15) is 0 Å². The maximum Gasteiger partial charge on any atom is 0.227 e. The fraction of sp³-hybridized carbons (Fsp3) is 0.273. The van der Waals surface area contributed by atoms with Crippen molar-refractivity contribution in [2.75, 3.05) is 0 Å². The number of rotatable bonds is 8. The molecule has 12 heterocycles. The third-order valence-electron chi connectivity index (χ3n) is 18.6. The van der Waals surface area contributed by atoms with Gasteiger partial charge in [-0.1, -0.05) is 73.4 Å². The topological polar surface area (TPSA) is 120 Å². The lowest BCUT2D eigenvalue weighted by molar-refractivity contribution is -0.660. The average molecular weight is 1340 g/mol. The predicted octanol–water partition coefficient (Wildman–Crippen LogP) is 20.9. The van der Waals surface area contributed by atoms with Gasteiger partial charge in [-0.05, 0) is 192 Å². The number of fused-ring (bicyclic) bond motifs is 12. The lowest BCUT2D eigenvalue weighted by Crippen LogP contribution is -2.31. The number of nitrogens with zero attached hydrogens (tertiary/aromatic N) is 8. The van der Waals surface area contributed by atoms with Crippen LogP contribution in [0.5, 0.6) is 0 Å². The highest BCUT2D eigenvalue weighted by Crippen LogP contribution is 2.42. The monoisotopic (exact) mass is 1340 g/mol. The Balaban J connectivity index is 0.000000132. The average Bonchev–Trinajstić information content (AvgIpc) is 1.67. The van der Waals surface area contributed by atoms with Crippen LogP contribution < -0.4 is 18.3 Å². The Morgan fingerprint density at radius 2 is 0.860 bits per heavy atom. The van der Waals surface area contributed by atoms with E-state index in [2.05, 4.69) is 132 Å². The summed E-state index contributed by atoms with van der Waals surface area (Å²) in [5, 5.41) is 6.20. The van der Waals surface area contributed by atoms with Crippen molar-refractivity contribution in [2.24, 2.45) is 28.2 Å². The lowest BCUT2D eigenvalue weighted by atomic mass is 9.90. The van der Waals surface area contributed by atoms with Gasteiger partial charge < -0.3 is 17.7 Å². The third kappa shape index (κ3) is 13.0. The highest BCUT2D eigenvalue weighted by Gasteiger charge is 2.27. The minimum atomic E-state index is -2.53. The van der Waals surface area contributed by atoms with Crippen molar-refractivity contribution in [1.82, 2.24) is 19.9 Å². The van der Waals surface area contributed by atoms with Crippen LogP contribution in [0.15, 0.2) is 188 Å². The quantitative estimate of drug-likeness (QED) is 0.138. The Labute approximate surface area is 604 Å². The van der Waals surface area contributed by atoms with Crippen LogP contribution in [0, 0.1) is 55.3 Å². The molecule has 12 heteroatoms. The van der Waals surface area contributed by atoms with Crippen LogP contribution in [0.25, 0.3) is 133 Å². The lowest BCUT2D eigenvalue weighted by Gasteiger charge is -2.15. The standard InChI is InChI=1S/4C22H23N2O/c1-13(2)19-8-7-16-18-11-17(20-9-6-14(3)12-24(20)5)15(4)10-21(18)25-22(16)23-19;1-13(2)18-7-9-20-22(23-18)17-11-16(15(4)10-21(17)25-20)19-8-6-14(3)12-24(19)5;1-13(2)19-10-22-18(11-23-19)17-9-16(15(4)8-21(17)25-22)20-7-6-14(3)12-24(20)5;1-13(2)19-20(17-11-10-14(3)12-24(17)5)15(4)23-22-21(19)16-8-6-7-9-18(16)25-22/h4*6-13H,1-5H3/q4*+1/i1D3,3D3,13D;13D;1D3,13D;13D. The van der Waals surface area contributed by atoms with E-state index in [0.717, 1.165) is 133 Å². The Morgan fingerprint density at radius 1 is 0.380 bits per heavy atom. The maximum absolute atomic E-state index is 8.89. The van der Waals surface area contributed by atoms with E-state index in [9.17, 15) is 0 Å². The maximum atomic E-state index is 8.89. The van der Waals surface area contributed by atoms with Crippen LogP contribution in [0.1, 0.15) is 164 Å². The van der Waals surface area contributed by atoms with Crippen LogP contribution in [0.3, 0.4) is 0 Å². The van der Waals surface area contributed by atoms with Crippen molar-refractivity contribution in [1.29, 1.82) is 0 Å². The molecule has 504 valence electrons. The van der Waals surface area contributed by atoms with Crippen molar-refractivity contribution in [3.05, 3.63) is 238 Å². The van der Waals surface area contributed by atoms with Crippen LogP contribution in [-0.4, -0.2) is 19.9 Å².